The average Bonchev–Trinajstić information content (AvgIpc) is 2.80. The Hall–Kier alpha value is -0.800. The van der Waals surface area contributed by atoms with Gasteiger partial charge in [-0.1, -0.05) is 13.3 Å². The zero-order chi connectivity index (χ0) is 11.1. The van der Waals surface area contributed by atoms with E-state index < -0.39 is 7.14 Å². The highest BCUT2D eigenvalue weighted by Crippen LogP contribution is 2.70. The zero-order valence-electron chi connectivity index (χ0n) is 9.53. The SMILES string of the molecule is Br.CCCc1[nH]c(C)nc1-c1oc2c3c1P23=O. The van der Waals surface area contributed by atoms with Gasteiger partial charge in [0.2, 0.25) is 7.14 Å². The number of imidazole rings is 1. The van der Waals surface area contributed by atoms with E-state index in [-0.39, 0.29) is 17.0 Å². The molecule has 17 heavy (non-hydrogen) atoms. The lowest BCUT2D eigenvalue weighted by molar-refractivity contribution is 0.590. The summed E-state index contributed by atoms with van der Waals surface area (Å²) in [4.78, 5) is 7.70. The van der Waals surface area contributed by atoms with Crippen LogP contribution in [0.2, 0.25) is 0 Å². The lowest BCUT2D eigenvalue weighted by atomic mass is 10.2. The van der Waals surface area contributed by atoms with Gasteiger partial charge in [-0.25, -0.2) is 4.98 Å². The van der Waals surface area contributed by atoms with Gasteiger partial charge >= 0.3 is 0 Å². The van der Waals surface area contributed by atoms with E-state index in [2.05, 4.69) is 16.9 Å². The normalized spacial score (nSPS) is 22.0. The Bertz CT molecular complexity index is 677. The first-order valence-corrected chi connectivity index (χ1v) is 7.23. The second-order valence-electron chi connectivity index (χ2n) is 4.44. The van der Waals surface area contributed by atoms with Crippen LogP contribution >= 0.6 is 24.1 Å². The third-order valence-corrected chi connectivity index (χ3v) is 5.82. The average molecular weight is 315 g/mol. The number of aromatic amines is 1. The number of aromatic nitrogens is 2. The second-order valence-corrected chi connectivity index (χ2v) is 6.96. The van der Waals surface area contributed by atoms with Gasteiger partial charge in [0.05, 0.1) is 10.6 Å². The van der Waals surface area contributed by atoms with Crippen molar-refractivity contribution in [2.24, 2.45) is 0 Å². The van der Waals surface area contributed by atoms with E-state index in [9.17, 15) is 4.57 Å². The first-order chi connectivity index (χ1) is 7.67. The largest absolute Gasteiger partial charge is 0.449 e. The lowest BCUT2D eigenvalue weighted by Crippen LogP contribution is -1.97. The van der Waals surface area contributed by atoms with E-state index in [1.165, 1.54) is 0 Å². The van der Waals surface area contributed by atoms with Crippen LogP contribution in [0.15, 0.2) is 4.42 Å². The van der Waals surface area contributed by atoms with Crippen molar-refractivity contribution < 1.29 is 8.98 Å². The quantitative estimate of drug-likeness (QED) is 0.586. The van der Waals surface area contributed by atoms with Gasteiger partial charge in [0.15, 0.2) is 11.3 Å². The number of aryl methyl sites for hydroxylation is 2. The first-order valence-electron chi connectivity index (χ1n) is 5.52. The van der Waals surface area contributed by atoms with E-state index in [1.807, 2.05) is 6.92 Å². The van der Waals surface area contributed by atoms with E-state index in [1.54, 1.807) is 0 Å². The molecule has 4 nitrogen and oxygen atoms in total. The number of fused-ring (bicyclic) bond motifs is 1. The number of halogens is 1. The maximum atomic E-state index is 11.9. The fourth-order valence-corrected chi connectivity index (χ4v) is 4.90. The molecule has 6 heteroatoms. The van der Waals surface area contributed by atoms with Crippen LogP contribution in [-0.2, 0) is 11.0 Å². The molecule has 1 unspecified atom stereocenters. The summed E-state index contributed by atoms with van der Waals surface area (Å²) in [6.45, 7) is 4.06. The Morgan fingerprint density at radius 2 is 2.12 bits per heavy atom. The Labute approximate surface area is 109 Å². The van der Waals surface area contributed by atoms with Gasteiger partial charge in [-0.15, -0.1) is 17.0 Å². The number of rotatable bonds is 3. The van der Waals surface area contributed by atoms with Crippen LogP contribution in [0, 0.1) is 6.92 Å². The van der Waals surface area contributed by atoms with E-state index in [4.69, 9.17) is 4.42 Å². The van der Waals surface area contributed by atoms with Crippen molar-refractivity contribution in [3.8, 4) is 11.5 Å². The first kappa shape index (κ1) is 11.3. The fraction of sp³-hybridized carbons (Fsp3) is 0.364. The van der Waals surface area contributed by atoms with Gasteiger partial charge in [-0.3, -0.25) is 0 Å². The zero-order valence-corrected chi connectivity index (χ0v) is 12.1. The topological polar surface area (TPSA) is 58.9 Å². The number of hydrogen-bond donors (Lipinski definition) is 1. The maximum absolute atomic E-state index is 11.9. The Kier molecular flexibility index (Phi) is 2.09. The van der Waals surface area contributed by atoms with Crippen LogP contribution in [0.25, 0.3) is 11.5 Å². The summed E-state index contributed by atoms with van der Waals surface area (Å²) < 4.78 is 17.5. The lowest BCUT2D eigenvalue weighted by Gasteiger charge is -1.96. The van der Waals surface area contributed by atoms with Gasteiger partial charge in [0.1, 0.15) is 11.5 Å². The molecule has 90 valence electrons. The van der Waals surface area contributed by atoms with Crippen molar-refractivity contribution in [3.05, 3.63) is 11.5 Å². The minimum Gasteiger partial charge on any atom is -0.449 e. The van der Waals surface area contributed by atoms with Crippen LogP contribution in [0.5, 0.6) is 0 Å². The molecule has 0 amide bonds. The summed E-state index contributed by atoms with van der Waals surface area (Å²) in [5.41, 5.74) is 2.72. The molecule has 0 saturated heterocycles. The van der Waals surface area contributed by atoms with Gasteiger partial charge in [-0.2, -0.15) is 0 Å². The van der Waals surface area contributed by atoms with Crippen molar-refractivity contribution in [1.29, 1.82) is 0 Å². The molecule has 0 aliphatic carbocycles. The molecule has 3 aliphatic rings. The molecule has 5 heterocycles. The minimum absolute atomic E-state index is 0. The van der Waals surface area contributed by atoms with E-state index >= 15 is 0 Å². The van der Waals surface area contributed by atoms with Crippen LogP contribution < -0.4 is 16.1 Å². The molecule has 2 bridgehead atoms. The minimum atomic E-state index is -2.11. The summed E-state index contributed by atoms with van der Waals surface area (Å²) in [7, 11) is -2.11. The predicted octanol–water partition coefficient (Wildman–Crippen LogP) is 1.77. The van der Waals surface area contributed by atoms with Gasteiger partial charge in [0.25, 0.3) is 0 Å². The number of hydrogen-bond acceptors (Lipinski definition) is 3. The van der Waals surface area contributed by atoms with Crippen LogP contribution in [0.4, 0.5) is 0 Å². The molecule has 3 aliphatic heterocycles. The molecule has 2 aromatic heterocycles. The van der Waals surface area contributed by atoms with Crippen molar-refractivity contribution in [2.45, 2.75) is 26.7 Å². The van der Waals surface area contributed by atoms with Crippen molar-refractivity contribution in [1.82, 2.24) is 9.97 Å². The van der Waals surface area contributed by atoms with Crippen LogP contribution in [0.1, 0.15) is 24.9 Å². The summed E-state index contributed by atoms with van der Waals surface area (Å²) >= 11 is 0. The summed E-state index contributed by atoms with van der Waals surface area (Å²) in [6.07, 6.45) is 2.01. The molecule has 5 rings (SSSR count). The van der Waals surface area contributed by atoms with Gasteiger partial charge in [0, 0.05) is 5.69 Å². The standard InChI is InChI=1S/C11H11N2O2P.BrH/c1-3-4-6-7(13-5(2)12-6)8-9-10-11(15-8)16(9,10)14;/h3-4H2,1-2H3,(H,12,13);1H. The molecule has 0 spiro atoms. The predicted molar refractivity (Wildman–Crippen MR) is 71.9 cm³/mol. The van der Waals surface area contributed by atoms with Crippen LogP contribution in [0.3, 0.4) is 0 Å². The molecule has 0 radical (unpaired) electrons. The molecule has 2 aromatic rings. The maximum Gasteiger partial charge on any atom is 0.214 e. The number of furan rings is 1. The van der Waals surface area contributed by atoms with Crippen molar-refractivity contribution in [3.63, 3.8) is 0 Å². The fourth-order valence-electron chi connectivity index (χ4n) is 2.42. The van der Waals surface area contributed by atoms with Crippen molar-refractivity contribution >= 4 is 40.2 Å². The summed E-state index contributed by atoms with van der Waals surface area (Å²) in [6, 6.07) is 0. The Morgan fingerprint density at radius 3 is 2.65 bits per heavy atom. The van der Waals surface area contributed by atoms with E-state index in [0.717, 1.165) is 51.9 Å². The third kappa shape index (κ3) is 1.14. The highest BCUT2D eigenvalue weighted by molar-refractivity contribution is 8.93. The molecule has 0 fully saturated rings. The molecule has 0 saturated carbocycles. The Morgan fingerprint density at radius 1 is 1.41 bits per heavy atom. The van der Waals surface area contributed by atoms with E-state index in [0.29, 0.717) is 0 Å². The van der Waals surface area contributed by atoms with Gasteiger partial charge < -0.3 is 14.0 Å². The monoisotopic (exact) mass is 314 g/mol. The second kappa shape index (κ2) is 3.15. The number of nitrogens with zero attached hydrogens (tertiary/aromatic N) is 1. The highest BCUT2D eigenvalue weighted by atomic mass is 79.9. The highest BCUT2D eigenvalue weighted by Gasteiger charge is 2.75. The number of H-pyrrole nitrogens is 1. The molecular formula is C11H12BrN2O2P. The Balaban J connectivity index is 0.000000902. The molecule has 1 N–H and O–H groups in total. The van der Waals surface area contributed by atoms with Crippen molar-refractivity contribution in [2.75, 3.05) is 0 Å². The molecule has 0 aromatic carbocycles. The summed E-state index contributed by atoms with van der Waals surface area (Å²) in [5.74, 6) is 1.66. The third-order valence-electron chi connectivity index (χ3n) is 3.27. The summed E-state index contributed by atoms with van der Waals surface area (Å²) in [5, 5.41) is 1.97. The van der Waals surface area contributed by atoms with Crippen LogP contribution in [-0.4, -0.2) is 9.97 Å². The van der Waals surface area contributed by atoms with Gasteiger partial charge in [-0.05, 0) is 13.3 Å². The molecule has 1 atom stereocenters. The smallest absolute Gasteiger partial charge is 0.214 e. The molecular weight excluding hydrogens is 303 g/mol. The number of nitrogens with one attached hydrogen (secondary N) is 1.